The average Bonchev–Trinajstić information content (AvgIpc) is 2.85. The van der Waals surface area contributed by atoms with Gasteiger partial charge in [0.2, 0.25) is 5.91 Å². The lowest BCUT2D eigenvalue weighted by atomic mass is 10.3. The molecule has 0 spiro atoms. The van der Waals surface area contributed by atoms with E-state index >= 15 is 0 Å². The fourth-order valence-electron chi connectivity index (χ4n) is 2.54. The van der Waals surface area contributed by atoms with Crippen LogP contribution >= 0.6 is 0 Å². The topological polar surface area (TPSA) is 140 Å². The fraction of sp³-hybridized carbons (Fsp3) is 0.667. The summed E-state index contributed by atoms with van der Waals surface area (Å²) in [5.41, 5.74) is 0.726. The molecule has 0 saturated heterocycles. The Morgan fingerprint density at radius 2 is 0.972 bits per heavy atom. The van der Waals surface area contributed by atoms with Crippen molar-refractivity contribution in [3.05, 3.63) is 24.3 Å². The highest BCUT2D eigenvalue weighted by atomic mass is 16.6. The second kappa shape index (κ2) is 23.1. The molecule has 0 aliphatic rings. The molecular weight excluding hydrogens is 478 g/mol. The van der Waals surface area contributed by atoms with Crippen LogP contribution < -0.4 is 10.1 Å². The molecule has 0 unspecified atom stereocenters. The zero-order valence-corrected chi connectivity index (χ0v) is 20.9. The summed E-state index contributed by atoms with van der Waals surface area (Å²) in [6.07, 6.45) is 0. The lowest BCUT2D eigenvalue weighted by Crippen LogP contribution is -2.15. The summed E-state index contributed by atoms with van der Waals surface area (Å²) in [7, 11) is 0. The molecule has 12 heteroatoms. The molecule has 0 aliphatic carbocycles. The molecule has 206 valence electrons. The third-order valence-electron chi connectivity index (χ3n) is 4.13. The number of carboxylic acids is 1. The van der Waals surface area contributed by atoms with E-state index < -0.39 is 5.97 Å². The highest BCUT2D eigenvalue weighted by molar-refractivity contribution is 5.88. The molecule has 0 heterocycles. The summed E-state index contributed by atoms with van der Waals surface area (Å²) in [5, 5.41) is 11.1. The van der Waals surface area contributed by atoms with Crippen LogP contribution in [0.1, 0.15) is 6.92 Å². The fourth-order valence-corrected chi connectivity index (χ4v) is 2.54. The largest absolute Gasteiger partial charge is 0.491 e. The summed E-state index contributed by atoms with van der Waals surface area (Å²) in [6.45, 7) is 7.19. The molecule has 1 rings (SSSR count). The van der Waals surface area contributed by atoms with E-state index in [1.54, 1.807) is 24.3 Å². The molecule has 36 heavy (non-hydrogen) atoms. The Morgan fingerprint density at radius 3 is 1.33 bits per heavy atom. The van der Waals surface area contributed by atoms with Crippen molar-refractivity contribution in [3.8, 4) is 5.75 Å². The number of amides is 1. The van der Waals surface area contributed by atoms with Gasteiger partial charge in [0.05, 0.1) is 85.9 Å². The first-order valence-electron chi connectivity index (χ1n) is 11.8. The second-order valence-electron chi connectivity index (χ2n) is 7.17. The zero-order valence-electron chi connectivity index (χ0n) is 20.9. The Kier molecular flexibility index (Phi) is 20.3. The molecule has 1 aromatic carbocycles. The van der Waals surface area contributed by atoms with Crippen LogP contribution in [0.5, 0.6) is 5.75 Å². The third kappa shape index (κ3) is 21.0. The molecule has 1 amide bonds. The normalized spacial score (nSPS) is 10.9. The minimum Gasteiger partial charge on any atom is -0.491 e. The standard InChI is InChI=1S/C24H39NO11/c1-21(26)25-22-2-4-23(5-3-22)36-19-18-34-15-14-32-11-10-30-7-6-29-8-9-31-12-13-33-16-17-35-20-24(27)28/h2-5H,6-20H2,1H3,(H,25,26)(H,27,28). The van der Waals surface area contributed by atoms with E-state index in [0.717, 1.165) is 5.69 Å². The first kappa shape index (κ1) is 31.7. The number of carboxylic acid groups (broad SMARTS) is 1. The number of rotatable bonds is 25. The van der Waals surface area contributed by atoms with Gasteiger partial charge in [0.15, 0.2) is 0 Å². The van der Waals surface area contributed by atoms with E-state index in [1.807, 2.05) is 0 Å². The lowest BCUT2D eigenvalue weighted by Gasteiger charge is -2.09. The van der Waals surface area contributed by atoms with Crippen molar-refractivity contribution in [2.75, 3.05) is 104 Å². The second-order valence-corrected chi connectivity index (χ2v) is 7.17. The number of carbonyl (C=O) groups excluding carboxylic acids is 1. The van der Waals surface area contributed by atoms with Crippen LogP contribution in [0.3, 0.4) is 0 Å². The quantitative estimate of drug-likeness (QED) is 0.181. The monoisotopic (exact) mass is 517 g/mol. The maximum absolute atomic E-state index is 11.0. The van der Waals surface area contributed by atoms with Crippen molar-refractivity contribution >= 4 is 17.6 Å². The molecule has 2 N–H and O–H groups in total. The first-order chi connectivity index (χ1) is 17.6. The Labute approximate surface area is 212 Å². The SMILES string of the molecule is CC(=O)Nc1ccc(OCCOCCOCCOCCOCCOCCOCCOCC(=O)O)cc1. The smallest absolute Gasteiger partial charge is 0.329 e. The highest BCUT2D eigenvalue weighted by Gasteiger charge is 1.99. The number of benzene rings is 1. The average molecular weight is 518 g/mol. The number of anilines is 1. The number of aliphatic carboxylic acids is 1. The van der Waals surface area contributed by atoms with Crippen LogP contribution in [-0.4, -0.2) is 116 Å². The predicted molar refractivity (Wildman–Crippen MR) is 130 cm³/mol. The summed E-state index contributed by atoms with van der Waals surface area (Å²) >= 11 is 0. The van der Waals surface area contributed by atoms with Gasteiger partial charge < -0.3 is 48.3 Å². The maximum atomic E-state index is 11.0. The summed E-state index contributed by atoms with van der Waals surface area (Å²) in [4.78, 5) is 21.2. The van der Waals surface area contributed by atoms with Gasteiger partial charge in [0.1, 0.15) is 19.0 Å². The Morgan fingerprint density at radius 1 is 0.611 bits per heavy atom. The van der Waals surface area contributed by atoms with Gasteiger partial charge >= 0.3 is 5.97 Å². The summed E-state index contributed by atoms with van der Waals surface area (Å²) < 4.78 is 42.7. The number of hydrogen-bond donors (Lipinski definition) is 2. The number of carbonyl (C=O) groups is 2. The van der Waals surface area contributed by atoms with E-state index in [1.165, 1.54) is 6.92 Å². The molecule has 0 fully saturated rings. The maximum Gasteiger partial charge on any atom is 0.329 e. The minimum atomic E-state index is -0.998. The van der Waals surface area contributed by atoms with Crippen molar-refractivity contribution in [2.24, 2.45) is 0 Å². The van der Waals surface area contributed by atoms with Crippen molar-refractivity contribution in [3.63, 3.8) is 0 Å². The Bertz CT molecular complexity index is 673. The number of hydrogen-bond acceptors (Lipinski definition) is 10. The van der Waals surface area contributed by atoms with Crippen molar-refractivity contribution in [2.45, 2.75) is 6.92 Å². The van der Waals surface area contributed by atoms with Crippen LogP contribution in [0.15, 0.2) is 24.3 Å². The van der Waals surface area contributed by atoms with Crippen molar-refractivity contribution < 1.29 is 52.6 Å². The van der Waals surface area contributed by atoms with Gasteiger partial charge in [-0.05, 0) is 24.3 Å². The van der Waals surface area contributed by atoms with Crippen LogP contribution in [0.25, 0.3) is 0 Å². The Balaban J connectivity index is 1.73. The summed E-state index contributed by atoms with van der Waals surface area (Å²) in [6, 6.07) is 7.14. The van der Waals surface area contributed by atoms with Gasteiger partial charge in [-0.25, -0.2) is 4.79 Å². The summed E-state index contributed by atoms with van der Waals surface area (Å²) in [5.74, 6) is -0.401. The number of nitrogens with one attached hydrogen (secondary N) is 1. The van der Waals surface area contributed by atoms with Crippen LogP contribution in [0.4, 0.5) is 5.69 Å². The zero-order chi connectivity index (χ0) is 26.1. The van der Waals surface area contributed by atoms with Crippen LogP contribution in [-0.2, 0) is 42.7 Å². The van der Waals surface area contributed by atoms with Crippen molar-refractivity contribution in [1.29, 1.82) is 0 Å². The molecule has 0 bridgehead atoms. The van der Waals surface area contributed by atoms with Gasteiger partial charge in [-0.15, -0.1) is 0 Å². The number of ether oxygens (including phenoxy) is 8. The molecule has 0 radical (unpaired) electrons. The molecule has 0 saturated carbocycles. The van der Waals surface area contributed by atoms with E-state index in [9.17, 15) is 9.59 Å². The van der Waals surface area contributed by atoms with Gasteiger partial charge in [-0.2, -0.15) is 0 Å². The molecule has 12 nitrogen and oxygen atoms in total. The minimum absolute atomic E-state index is 0.113. The molecular formula is C24H39NO11. The molecule has 0 aliphatic heterocycles. The van der Waals surface area contributed by atoms with Gasteiger partial charge in [0, 0.05) is 12.6 Å². The van der Waals surface area contributed by atoms with Crippen LogP contribution in [0.2, 0.25) is 0 Å². The predicted octanol–water partition coefficient (Wildman–Crippen LogP) is 1.22. The van der Waals surface area contributed by atoms with E-state index in [4.69, 9.17) is 43.0 Å². The first-order valence-corrected chi connectivity index (χ1v) is 11.8. The third-order valence-corrected chi connectivity index (χ3v) is 4.13. The van der Waals surface area contributed by atoms with E-state index in [2.05, 4.69) is 5.32 Å². The highest BCUT2D eigenvalue weighted by Crippen LogP contribution is 2.15. The van der Waals surface area contributed by atoms with Crippen molar-refractivity contribution in [1.82, 2.24) is 0 Å². The lowest BCUT2D eigenvalue weighted by molar-refractivity contribution is -0.142. The van der Waals surface area contributed by atoms with Gasteiger partial charge in [-0.3, -0.25) is 4.79 Å². The Hall–Kier alpha value is -2.32. The van der Waals surface area contributed by atoms with Gasteiger partial charge in [0.25, 0.3) is 0 Å². The molecule has 0 aromatic heterocycles. The van der Waals surface area contributed by atoms with E-state index in [-0.39, 0.29) is 19.1 Å². The molecule has 0 atom stereocenters. The van der Waals surface area contributed by atoms with Crippen LogP contribution in [0, 0.1) is 0 Å². The molecule has 1 aromatic rings. The van der Waals surface area contributed by atoms with Gasteiger partial charge in [-0.1, -0.05) is 0 Å². The van der Waals surface area contributed by atoms with E-state index in [0.29, 0.717) is 91.6 Å².